The molecule has 2 heteroatoms. The standard InChI is InChI=1S/C17H16N2/c1-2-4-17-14(3-1)8-10-19(17)12-13-5-6-16-15(11-13)7-9-18-16/h1-7,9,11,18H,8,10,12H2. The van der Waals surface area contributed by atoms with Crippen molar-refractivity contribution in [3.05, 3.63) is 65.9 Å². The molecule has 0 atom stereocenters. The predicted octanol–water partition coefficient (Wildman–Crippen LogP) is 3.73. The van der Waals surface area contributed by atoms with E-state index in [9.17, 15) is 0 Å². The summed E-state index contributed by atoms with van der Waals surface area (Å²) in [5, 5.41) is 1.30. The van der Waals surface area contributed by atoms with Gasteiger partial charge in [-0.1, -0.05) is 24.3 Å². The summed E-state index contributed by atoms with van der Waals surface area (Å²) >= 11 is 0. The number of aromatic nitrogens is 1. The largest absolute Gasteiger partial charge is 0.367 e. The third kappa shape index (κ3) is 1.80. The molecule has 0 bridgehead atoms. The van der Waals surface area contributed by atoms with Gasteiger partial charge >= 0.3 is 0 Å². The van der Waals surface area contributed by atoms with Crippen LogP contribution in [-0.4, -0.2) is 11.5 Å². The predicted molar refractivity (Wildman–Crippen MR) is 79.5 cm³/mol. The monoisotopic (exact) mass is 248 g/mol. The molecule has 1 aliphatic rings. The topological polar surface area (TPSA) is 19.0 Å². The second kappa shape index (κ2) is 4.16. The van der Waals surface area contributed by atoms with E-state index in [1.54, 1.807) is 0 Å². The number of nitrogens with zero attached hydrogens (tertiary/aromatic N) is 1. The Morgan fingerprint density at radius 2 is 2.00 bits per heavy atom. The number of fused-ring (bicyclic) bond motifs is 2. The van der Waals surface area contributed by atoms with Crippen molar-refractivity contribution in [2.24, 2.45) is 0 Å². The SMILES string of the molecule is c1ccc2c(c1)CCN2Cc1ccc2[nH]ccc2c1. The number of anilines is 1. The smallest absolute Gasteiger partial charge is 0.0454 e. The van der Waals surface area contributed by atoms with Crippen LogP contribution in [0.4, 0.5) is 5.69 Å². The quantitative estimate of drug-likeness (QED) is 0.732. The highest BCUT2D eigenvalue weighted by atomic mass is 15.1. The zero-order chi connectivity index (χ0) is 12.7. The van der Waals surface area contributed by atoms with Gasteiger partial charge in [-0.3, -0.25) is 0 Å². The molecule has 0 spiro atoms. The minimum atomic E-state index is 0.998. The highest BCUT2D eigenvalue weighted by molar-refractivity contribution is 5.80. The highest BCUT2D eigenvalue weighted by Crippen LogP contribution is 2.29. The van der Waals surface area contributed by atoms with Crippen LogP contribution in [0.3, 0.4) is 0 Å². The fraction of sp³-hybridized carbons (Fsp3) is 0.176. The first kappa shape index (κ1) is 10.7. The van der Waals surface area contributed by atoms with Gasteiger partial charge in [0.05, 0.1) is 0 Å². The lowest BCUT2D eigenvalue weighted by Crippen LogP contribution is -2.19. The summed E-state index contributed by atoms with van der Waals surface area (Å²) in [6.07, 6.45) is 3.17. The summed E-state index contributed by atoms with van der Waals surface area (Å²) in [6, 6.07) is 17.6. The number of para-hydroxylation sites is 1. The lowest BCUT2D eigenvalue weighted by atomic mass is 10.1. The fourth-order valence-electron chi connectivity index (χ4n) is 2.99. The van der Waals surface area contributed by atoms with Gasteiger partial charge in [-0.2, -0.15) is 0 Å². The van der Waals surface area contributed by atoms with Crippen LogP contribution in [0.5, 0.6) is 0 Å². The van der Waals surface area contributed by atoms with E-state index in [-0.39, 0.29) is 0 Å². The number of hydrogen-bond acceptors (Lipinski definition) is 1. The van der Waals surface area contributed by atoms with Gasteiger partial charge in [-0.05, 0) is 47.2 Å². The molecule has 0 saturated carbocycles. The van der Waals surface area contributed by atoms with E-state index in [0.717, 1.165) is 13.1 Å². The van der Waals surface area contributed by atoms with Crippen molar-refractivity contribution in [2.45, 2.75) is 13.0 Å². The third-order valence-electron chi connectivity index (χ3n) is 3.97. The lowest BCUT2D eigenvalue weighted by Gasteiger charge is -2.19. The summed E-state index contributed by atoms with van der Waals surface area (Å²) in [4.78, 5) is 5.72. The molecule has 0 unspecified atom stereocenters. The number of rotatable bonds is 2. The molecule has 0 saturated heterocycles. The van der Waals surface area contributed by atoms with Gasteiger partial charge in [0.1, 0.15) is 0 Å². The maximum atomic E-state index is 3.24. The minimum absolute atomic E-state index is 0.998. The maximum Gasteiger partial charge on any atom is 0.0454 e. The zero-order valence-corrected chi connectivity index (χ0v) is 10.8. The number of nitrogens with one attached hydrogen (secondary N) is 1. The van der Waals surface area contributed by atoms with Gasteiger partial charge in [0.2, 0.25) is 0 Å². The molecule has 1 aromatic heterocycles. The van der Waals surface area contributed by atoms with Gasteiger partial charge < -0.3 is 9.88 Å². The van der Waals surface area contributed by atoms with Crippen molar-refractivity contribution in [2.75, 3.05) is 11.4 Å². The van der Waals surface area contributed by atoms with Crippen molar-refractivity contribution < 1.29 is 0 Å². The van der Waals surface area contributed by atoms with Crippen LogP contribution in [0.2, 0.25) is 0 Å². The first-order chi connectivity index (χ1) is 9.40. The number of benzene rings is 2. The summed E-state index contributed by atoms with van der Waals surface area (Å²) < 4.78 is 0. The molecule has 2 nitrogen and oxygen atoms in total. The second-order valence-corrected chi connectivity index (χ2v) is 5.20. The zero-order valence-electron chi connectivity index (χ0n) is 10.8. The first-order valence-electron chi connectivity index (χ1n) is 6.79. The molecule has 1 N–H and O–H groups in total. The van der Waals surface area contributed by atoms with Crippen LogP contribution < -0.4 is 4.90 Å². The van der Waals surface area contributed by atoms with E-state index in [1.807, 2.05) is 6.20 Å². The minimum Gasteiger partial charge on any atom is -0.367 e. The molecule has 0 aliphatic carbocycles. The van der Waals surface area contributed by atoms with Gasteiger partial charge in [-0.15, -0.1) is 0 Å². The molecule has 19 heavy (non-hydrogen) atoms. The molecule has 0 amide bonds. The van der Waals surface area contributed by atoms with Crippen LogP contribution in [-0.2, 0) is 13.0 Å². The Kier molecular flexibility index (Phi) is 2.34. The number of hydrogen-bond donors (Lipinski definition) is 1. The Bertz CT molecular complexity index is 727. The fourth-order valence-corrected chi connectivity index (χ4v) is 2.99. The molecule has 2 aromatic carbocycles. The normalized spacial score (nSPS) is 14.0. The molecular formula is C17H16N2. The molecular weight excluding hydrogens is 232 g/mol. The van der Waals surface area contributed by atoms with E-state index < -0.39 is 0 Å². The first-order valence-corrected chi connectivity index (χ1v) is 6.79. The molecule has 3 aromatic rings. The lowest BCUT2D eigenvalue weighted by molar-refractivity contribution is 0.837. The van der Waals surface area contributed by atoms with E-state index in [0.29, 0.717) is 0 Å². The molecule has 4 rings (SSSR count). The summed E-state index contributed by atoms with van der Waals surface area (Å²) in [5.74, 6) is 0. The van der Waals surface area contributed by atoms with Crippen LogP contribution in [0.1, 0.15) is 11.1 Å². The Balaban J connectivity index is 1.65. The van der Waals surface area contributed by atoms with Gasteiger partial charge in [0, 0.05) is 30.5 Å². The molecule has 0 fully saturated rings. The second-order valence-electron chi connectivity index (χ2n) is 5.20. The average Bonchev–Trinajstić information content (AvgIpc) is 3.06. The average molecular weight is 248 g/mol. The Hall–Kier alpha value is -2.22. The molecule has 2 heterocycles. The van der Waals surface area contributed by atoms with Crippen molar-refractivity contribution in [3.8, 4) is 0 Å². The summed E-state index contributed by atoms with van der Waals surface area (Å²) in [7, 11) is 0. The van der Waals surface area contributed by atoms with Crippen molar-refractivity contribution in [3.63, 3.8) is 0 Å². The van der Waals surface area contributed by atoms with Crippen LogP contribution in [0, 0.1) is 0 Å². The number of aromatic amines is 1. The van der Waals surface area contributed by atoms with E-state index in [4.69, 9.17) is 0 Å². The van der Waals surface area contributed by atoms with Gasteiger partial charge in [-0.25, -0.2) is 0 Å². The van der Waals surface area contributed by atoms with Gasteiger partial charge in [0.25, 0.3) is 0 Å². The Labute approximate surface area is 112 Å². The van der Waals surface area contributed by atoms with Crippen molar-refractivity contribution in [1.29, 1.82) is 0 Å². The van der Waals surface area contributed by atoms with Crippen LogP contribution in [0.15, 0.2) is 54.7 Å². The highest BCUT2D eigenvalue weighted by Gasteiger charge is 2.18. The van der Waals surface area contributed by atoms with Crippen LogP contribution in [0.25, 0.3) is 10.9 Å². The number of H-pyrrole nitrogens is 1. The molecule has 94 valence electrons. The maximum absolute atomic E-state index is 3.24. The van der Waals surface area contributed by atoms with E-state index in [2.05, 4.69) is 58.4 Å². The van der Waals surface area contributed by atoms with Crippen molar-refractivity contribution >= 4 is 16.6 Å². The van der Waals surface area contributed by atoms with Crippen LogP contribution >= 0.6 is 0 Å². The molecule has 0 radical (unpaired) electrons. The summed E-state index contributed by atoms with van der Waals surface area (Å²) in [6.45, 7) is 2.13. The Morgan fingerprint density at radius 1 is 1.05 bits per heavy atom. The van der Waals surface area contributed by atoms with E-state index >= 15 is 0 Å². The summed E-state index contributed by atoms with van der Waals surface area (Å²) in [5.41, 5.74) is 5.47. The van der Waals surface area contributed by atoms with E-state index in [1.165, 1.54) is 34.1 Å². The molecule has 1 aliphatic heterocycles. The Morgan fingerprint density at radius 3 is 3.00 bits per heavy atom. The van der Waals surface area contributed by atoms with Crippen molar-refractivity contribution in [1.82, 2.24) is 4.98 Å². The third-order valence-corrected chi connectivity index (χ3v) is 3.97. The van der Waals surface area contributed by atoms with Gasteiger partial charge in [0.15, 0.2) is 0 Å².